The number of sulfonamides is 1. The molecular formula is C13H17F3N2O4S. The molecule has 0 spiro atoms. The van der Waals surface area contributed by atoms with Gasteiger partial charge < -0.3 is 10.1 Å². The Bertz CT molecular complexity index is 647. The Morgan fingerprint density at radius 2 is 2.00 bits per heavy atom. The standard InChI is InChI=1S/C13H17F3N2O4S/c1-9(8-22-2)18-12(19)7-17-23(20,21)11-5-3-4-10(6-11)13(14,15)16/h3-6,9,17H,7-8H2,1-2H3,(H,18,19). The van der Waals surface area contributed by atoms with E-state index >= 15 is 0 Å². The molecule has 0 aliphatic heterocycles. The van der Waals surface area contributed by atoms with E-state index in [4.69, 9.17) is 4.74 Å². The number of hydrogen-bond donors (Lipinski definition) is 2. The van der Waals surface area contributed by atoms with Gasteiger partial charge in [-0.25, -0.2) is 13.1 Å². The van der Waals surface area contributed by atoms with Gasteiger partial charge in [0.2, 0.25) is 15.9 Å². The number of carbonyl (C=O) groups is 1. The van der Waals surface area contributed by atoms with Gasteiger partial charge in [-0.1, -0.05) is 6.07 Å². The number of alkyl halides is 3. The monoisotopic (exact) mass is 354 g/mol. The summed E-state index contributed by atoms with van der Waals surface area (Å²) in [6, 6.07) is 2.94. The van der Waals surface area contributed by atoms with E-state index in [2.05, 4.69) is 5.32 Å². The molecule has 1 amide bonds. The van der Waals surface area contributed by atoms with E-state index in [0.29, 0.717) is 6.07 Å². The zero-order valence-corrected chi connectivity index (χ0v) is 13.3. The Balaban J connectivity index is 2.75. The summed E-state index contributed by atoms with van der Waals surface area (Å²) in [6.07, 6.45) is -4.65. The lowest BCUT2D eigenvalue weighted by Crippen LogP contribution is -2.42. The topological polar surface area (TPSA) is 84.5 Å². The molecule has 2 N–H and O–H groups in total. The Hall–Kier alpha value is -1.65. The third-order valence-corrected chi connectivity index (χ3v) is 4.12. The third-order valence-electron chi connectivity index (χ3n) is 2.72. The second kappa shape index (κ2) is 7.75. The molecule has 0 heterocycles. The summed E-state index contributed by atoms with van der Waals surface area (Å²) in [6.45, 7) is 1.31. The molecule has 0 saturated carbocycles. The second-order valence-corrected chi connectivity index (χ2v) is 6.54. The number of methoxy groups -OCH3 is 1. The number of halogens is 3. The third kappa shape index (κ3) is 6.16. The first kappa shape index (κ1) is 19.4. The van der Waals surface area contributed by atoms with Crippen LogP contribution in [0.25, 0.3) is 0 Å². The van der Waals surface area contributed by atoms with Crippen molar-refractivity contribution < 1.29 is 31.1 Å². The first-order valence-corrected chi connectivity index (χ1v) is 8.00. The van der Waals surface area contributed by atoms with Crippen LogP contribution in [0.3, 0.4) is 0 Å². The minimum atomic E-state index is -4.65. The second-order valence-electron chi connectivity index (χ2n) is 4.77. The van der Waals surface area contributed by atoms with Crippen molar-refractivity contribution in [1.29, 1.82) is 0 Å². The normalized spacial score (nSPS) is 13.6. The number of hydrogen-bond acceptors (Lipinski definition) is 4. The number of benzene rings is 1. The molecule has 10 heteroatoms. The van der Waals surface area contributed by atoms with Gasteiger partial charge in [-0.2, -0.15) is 13.2 Å². The molecule has 6 nitrogen and oxygen atoms in total. The van der Waals surface area contributed by atoms with Crippen molar-refractivity contribution in [2.75, 3.05) is 20.3 Å². The van der Waals surface area contributed by atoms with Crippen LogP contribution in [-0.2, 0) is 25.7 Å². The highest BCUT2D eigenvalue weighted by atomic mass is 32.2. The van der Waals surface area contributed by atoms with Gasteiger partial charge in [0.15, 0.2) is 0 Å². The maximum atomic E-state index is 12.6. The maximum absolute atomic E-state index is 12.6. The van der Waals surface area contributed by atoms with Crippen LogP contribution in [0.1, 0.15) is 12.5 Å². The van der Waals surface area contributed by atoms with E-state index in [1.165, 1.54) is 7.11 Å². The van der Waals surface area contributed by atoms with Gasteiger partial charge in [-0.3, -0.25) is 4.79 Å². The molecule has 0 aliphatic carbocycles. The first-order chi connectivity index (χ1) is 10.6. The summed E-state index contributed by atoms with van der Waals surface area (Å²) < 4.78 is 68.4. The quantitative estimate of drug-likeness (QED) is 0.769. The molecule has 0 aliphatic rings. The molecule has 0 saturated heterocycles. The molecule has 1 aromatic carbocycles. The van der Waals surface area contributed by atoms with Crippen LogP contribution >= 0.6 is 0 Å². The SMILES string of the molecule is COCC(C)NC(=O)CNS(=O)(=O)c1cccc(C(F)(F)F)c1. The molecule has 130 valence electrons. The van der Waals surface area contributed by atoms with Crippen LogP contribution in [0.4, 0.5) is 13.2 Å². The van der Waals surface area contributed by atoms with E-state index in [0.717, 1.165) is 18.2 Å². The fourth-order valence-corrected chi connectivity index (χ4v) is 2.73. The van der Waals surface area contributed by atoms with Crippen molar-refractivity contribution in [3.63, 3.8) is 0 Å². The van der Waals surface area contributed by atoms with Gasteiger partial charge in [0, 0.05) is 13.2 Å². The molecule has 0 fully saturated rings. The summed E-state index contributed by atoms with van der Waals surface area (Å²) in [5.41, 5.74) is -1.08. The van der Waals surface area contributed by atoms with E-state index in [9.17, 15) is 26.4 Å². The van der Waals surface area contributed by atoms with Gasteiger partial charge in [0.05, 0.1) is 23.6 Å². The number of ether oxygens (including phenoxy) is 1. The van der Waals surface area contributed by atoms with Crippen LogP contribution in [-0.4, -0.2) is 40.6 Å². The van der Waals surface area contributed by atoms with E-state index in [-0.39, 0.29) is 12.6 Å². The number of rotatable bonds is 7. The fraction of sp³-hybridized carbons (Fsp3) is 0.462. The molecule has 0 radical (unpaired) electrons. The molecule has 0 bridgehead atoms. The largest absolute Gasteiger partial charge is 0.416 e. The Kier molecular flexibility index (Phi) is 6.54. The molecular weight excluding hydrogens is 337 g/mol. The predicted molar refractivity (Wildman–Crippen MR) is 76.1 cm³/mol. The maximum Gasteiger partial charge on any atom is 0.416 e. The lowest BCUT2D eigenvalue weighted by atomic mass is 10.2. The van der Waals surface area contributed by atoms with Crippen molar-refractivity contribution in [2.45, 2.75) is 24.0 Å². The van der Waals surface area contributed by atoms with Crippen molar-refractivity contribution in [3.05, 3.63) is 29.8 Å². The van der Waals surface area contributed by atoms with Gasteiger partial charge in [-0.15, -0.1) is 0 Å². The van der Waals surface area contributed by atoms with E-state index in [1.54, 1.807) is 6.92 Å². The molecule has 1 unspecified atom stereocenters. The van der Waals surface area contributed by atoms with Crippen LogP contribution in [0.2, 0.25) is 0 Å². The van der Waals surface area contributed by atoms with E-state index < -0.39 is 39.1 Å². The average molecular weight is 354 g/mol. The minimum Gasteiger partial charge on any atom is -0.383 e. The summed E-state index contributed by atoms with van der Waals surface area (Å²) in [5, 5.41) is 2.47. The lowest BCUT2D eigenvalue weighted by molar-refractivity contribution is -0.137. The van der Waals surface area contributed by atoms with Crippen molar-refractivity contribution >= 4 is 15.9 Å². The highest BCUT2D eigenvalue weighted by Crippen LogP contribution is 2.30. The molecule has 1 rings (SSSR count). The fourth-order valence-electron chi connectivity index (χ4n) is 1.70. The zero-order chi connectivity index (χ0) is 17.7. The van der Waals surface area contributed by atoms with Crippen molar-refractivity contribution in [1.82, 2.24) is 10.0 Å². The minimum absolute atomic E-state index is 0.242. The van der Waals surface area contributed by atoms with Gasteiger partial charge in [-0.05, 0) is 25.1 Å². The summed E-state index contributed by atoms with van der Waals surface area (Å²) >= 11 is 0. The molecule has 1 atom stereocenters. The number of amides is 1. The van der Waals surface area contributed by atoms with Crippen LogP contribution in [0.15, 0.2) is 29.2 Å². The Labute approximate surface area is 132 Å². The van der Waals surface area contributed by atoms with Crippen molar-refractivity contribution in [2.24, 2.45) is 0 Å². The number of carbonyl (C=O) groups excluding carboxylic acids is 1. The van der Waals surface area contributed by atoms with Crippen LogP contribution in [0.5, 0.6) is 0 Å². The predicted octanol–water partition coefficient (Wildman–Crippen LogP) is 1.13. The van der Waals surface area contributed by atoms with Gasteiger partial charge in [0.25, 0.3) is 0 Å². The molecule has 0 aromatic heterocycles. The van der Waals surface area contributed by atoms with Crippen LogP contribution in [0, 0.1) is 0 Å². The smallest absolute Gasteiger partial charge is 0.383 e. The van der Waals surface area contributed by atoms with E-state index in [1.807, 2.05) is 4.72 Å². The lowest BCUT2D eigenvalue weighted by Gasteiger charge is -2.13. The summed E-state index contributed by atoms with van der Waals surface area (Å²) in [4.78, 5) is 11.0. The Morgan fingerprint density at radius 3 is 2.57 bits per heavy atom. The van der Waals surface area contributed by atoms with Gasteiger partial charge in [0.1, 0.15) is 0 Å². The summed E-state index contributed by atoms with van der Waals surface area (Å²) in [7, 11) is -2.78. The summed E-state index contributed by atoms with van der Waals surface area (Å²) in [5.74, 6) is -0.620. The van der Waals surface area contributed by atoms with Crippen LogP contribution < -0.4 is 10.0 Å². The van der Waals surface area contributed by atoms with Crippen molar-refractivity contribution in [3.8, 4) is 0 Å². The highest BCUT2D eigenvalue weighted by Gasteiger charge is 2.31. The Morgan fingerprint density at radius 1 is 1.35 bits per heavy atom. The molecule has 23 heavy (non-hydrogen) atoms. The molecule has 1 aromatic rings. The zero-order valence-electron chi connectivity index (χ0n) is 12.5. The average Bonchev–Trinajstić information content (AvgIpc) is 2.45. The highest BCUT2D eigenvalue weighted by molar-refractivity contribution is 7.89. The number of nitrogens with one attached hydrogen (secondary N) is 2. The van der Waals surface area contributed by atoms with Gasteiger partial charge >= 0.3 is 6.18 Å². The first-order valence-electron chi connectivity index (χ1n) is 6.51.